The van der Waals surface area contributed by atoms with Gasteiger partial charge in [0.2, 0.25) is 0 Å². The van der Waals surface area contributed by atoms with Crippen molar-refractivity contribution in [2.24, 2.45) is 0 Å². The first-order chi connectivity index (χ1) is 7.13. The van der Waals surface area contributed by atoms with Gasteiger partial charge in [-0.25, -0.2) is 0 Å². The first kappa shape index (κ1) is 12.9. The molecule has 1 N–H and O–H groups in total. The Morgan fingerprint density at radius 3 is 2.33 bits per heavy atom. The molecule has 0 saturated heterocycles. The summed E-state index contributed by atoms with van der Waals surface area (Å²) >= 11 is 7.83. The fourth-order valence-electron chi connectivity index (χ4n) is 1.33. The van der Waals surface area contributed by atoms with E-state index in [0.29, 0.717) is 11.3 Å². The minimum absolute atomic E-state index is 0.412. The molecule has 0 aliphatic rings. The van der Waals surface area contributed by atoms with Gasteiger partial charge in [-0.2, -0.15) is 11.8 Å². The molecule has 1 aromatic rings. The molecule has 0 aliphatic carbocycles. The van der Waals surface area contributed by atoms with Crippen LogP contribution in [0.4, 0.5) is 0 Å². The maximum Gasteiger partial charge on any atom is 0.0409 e. The summed E-state index contributed by atoms with van der Waals surface area (Å²) in [6.07, 6.45) is 0. The molecular formula is C12H18ClNS. The van der Waals surface area contributed by atoms with E-state index in [0.717, 1.165) is 10.8 Å². The standard InChI is InChI=1S/C12H18ClNS/c1-9(2)15-8-12(14-3)10-4-6-11(13)7-5-10/h4-7,9,12,14H,8H2,1-3H3. The highest BCUT2D eigenvalue weighted by Crippen LogP contribution is 2.22. The van der Waals surface area contributed by atoms with Crippen LogP contribution in [0, 0.1) is 0 Å². The van der Waals surface area contributed by atoms with Gasteiger partial charge in [-0.3, -0.25) is 0 Å². The van der Waals surface area contributed by atoms with E-state index in [9.17, 15) is 0 Å². The van der Waals surface area contributed by atoms with Gasteiger partial charge in [0.25, 0.3) is 0 Å². The Morgan fingerprint density at radius 1 is 1.27 bits per heavy atom. The molecule has 0 fully saturated rings. The predicted octanol–water partition coefficient (Wildman–Crippen LogP) is 3.74. The molecule has 3 heteroatoms. The molecule has 1 aromatic carbocycles. The topological polar surface area (TPSA) is 12.0 Å². The molecule has 1 nitrogen and oxygen atoms in total. The lowest BCUT2D eigenvalue weighted by molar-refractivity contribution is 0.661. The summed E-state index contributed by atoms with van der Waals surface area (Å²) in [5.41, 5.74) is 1.30. The molecule has 15 heavy (non-hydrogen) atoms. The highest BCUT2D eigenvalue weighted by atomic mass is 35.5. The molecule has 0 aromatic heterocycles. The van der Waals surface area contributed by atoms with Crippen molar-refractivity contribution >= 4 is 23.4 Å². The van der Waals surface area contributed by atoms with Crippen molar-refractivity contribution in [2.45, 2.75) is 25.1 Å². The third kappa shape index (κ3) is 4.45. The van der Waals surface area contributed by atoms with Crippen LogP contribution in [0.3, 0.4) is 0 Å². The van der Waals surface area contributed by atoms with Crippen LogP contribution in [-0.2, 0) is 0 Å². The normalized spacial score (nSPS) is 13.1. The van der Waals surface area contributed by atoms with E-state index < -0.39 is 0 Å². The maximum absolute atomic E-state index is 5.86. The van der Waals surface area contributed by atoms with Crippen LogP contribution in [0.1, 0.15) is 25.5 Å². The molecule has 1 unspecified atom stereocenters. The molecular weight excluding hydrogens is 226 g/mol. The van der Waals surface area contributed by atoms with E-state index in [-0.39, 0.29) is 0 Å². The molecule has 0 spiro atoms. The average Bonchev–Trinajstić information content (AvgIpc) is 2.21. The van der Waals surface area contributed by atoms with E-state index in [1.54, 1.807) is 0 Å². The smallest absolute Gasteiger partial charge is 0.0409 e. The van der Waals surface area contributed by atoms with Crippen molar-refractivity contribution in [3.05, 3.63) is 34.9 Å². The van der Waals surface area contributed by atoms with Crippen LogP contribution < -0.4 is 5.32 Å². The highest BCUT2D eigenvalue weighted by molar-refractivity contribution is 7.99. The Kier molecular flexibility index (Phi) is 5.51. The average molecular weight is 244 g/mol. The quantitative estimate of drug-likeness (QED) is 0.846. The summed E-state index contributed by atoms with van der Waals surface area (Å²) in [5, 5.41) is 4.80. The fraction of sp³-hybridized carbons (Fsp3) is 0.500. The molecule has 0 radical (unpaired) electrons. The van der Waals surface area contributed by atoms with Crippen LogP contribution >= 0.6 is 23.4 Å². The Labute approximate surface area is 102 Å². The summed E-state index contributed by atoms with van der Waals surface area (Å²) in [7, 11) is 2.00. The number of rotatable bonds is 5. The van der Waals surface area contributed by atoms with E-state index in [1.165, 1.54) is 5.56 Å². The number of hydrogen-bond acceptors (Lipinski definition) is 2. The van der Waals surface area contributed by atoms with Crippen LogP contribution in [0.15, 0.2) is 24.3 Å². The van der Waals surface area contributed by atoms with Crippen molar-refractivity contribution in [3.63, 3.8) is 0 Å². The first-order valence-corrected chi connectivity index (χ1v) is 6.60. The third-order valence-electron chi connectivity index (χ3n) is 2.22. The largest absolute Gasteiger partial charge is 0.312 e. The maximum atomic E-state index is 5.86. The van der Waals surface area contributed by atoms with Gasteiger partial charge in [0.15, 0.2) is 0 Å². The van der Waals surface area contributed by atoms with Crippen LogP contribution in [0.5, 0.6) is 0 Å². The number of benzene rings is 1. The van der Waals surface area contributed by atoms with E-state index in [1.807, 2.05) is 30.9 Å². The van der Waals surface area contributed by atoms with Gasteiger partial charge >= 0.3 is 0 Å². The van der Waals surface area contributed by atoms with Gasteiger partial charge in [0.05, 0.1) is 0 Å². The molecule has 0 bridgehead atoms. The predicted molar refractivity (Wildman–Crippen MR) is 70.8 cm³/mol. The van der Waals surface area contributed by atoms with Crippen molar-refractivity contribution in [2.75, 3.05) is 12.8 Å². The van der Waals surface area contributed by atoms with Crippen molar-refractivity contribution in [3.8, 4) is 0 Å². The zero-order valence-electron chi connectivity index (χ0n) is 9.46. The second kappa shape index (κ2) is 6.41. The van der Waals surface area contributed by atoms with Gasteiger partial charge in [-0.05, 0) is 30.0 Å². The molecule has 1 rings (SSSR count). The lowest BCUT2D eigenvalue weighted by Gasteiger charge is -2.17. The number of halogens is 1. The van der Waals surface area contributed by atoms with Crippen LogP contribution in [-0.4, -0.2) is 18.1 Å². The van der Waals surface area contributed by atoms with Gasteiger partial charge in [0, 0.05) is 16.8 Å². The van der Waals surface area contributed by atoms with Gasteiger partial charge in [-0.1, -0.05) is 37.6 Å². The number of nitrogens with one attached hydrogen (secondary N) is 1. The second-order valence-corrected chi connectivity index (χ2v) is 5.82. The SMILES string of the molecule is CNC(CSC(C)C)c1ccc(Cl)cc1. The minimum atomic E-state index is 0.412. The number of hydrogen-bond donors (Lipinski definition) is 1. The van der Waals surface area contributed by atoms with Crippen LogP contribution in [0.2, 0.25) is 5.02 Å². The first-order valence-electron chi connectivity index (χ1n) is 5.18. The van der Waals surface area contributed by atoms with Crippen LogP contribution in [0.25, 0.3) is 0 Å². The molecule has 1 atom stereocenters. The van der Waals surface area contributed by atoms with E-state index in [2.05, 4.69) is 31.3 Å². The van der Waals surface area contributed by atoms with Crippen molar-refractivity contribution < 1.29 is 0 Å². The van der Waals surface area contributed by atoms with Gasteiger partial charge < -0.3 is 5.32 Å². The third-order valence-corrected chi connectivity index (χ3v) is 3.66. The Bertz CT molecular complexity index is 284. The molecule has 0 saturated carbocycles. The Hall–Kier alpha value is -0.180. The fourth-order valence-corrected chi connectivity index (χ4v) is 2.39. The van der Waals surface area contributed by atoms with Crippen molar-refractivity contribution in [1.82, 2.24) is 5.32 Å². The summed E-state index contributed by atoms with van der Waals surface area (Å²) < 4.78 is 0. The second-order valence-electron chi connectivity index (χ2n) is 3.77. The van der Waals surface area contributed by atoms with Gasteiger partial charge in [-0.15, -0.1) is 0 Å². The summed E-state index contributed by atoms with van der Waals surface area (Å²) in [4.78, 5) is 0. The van der Waals surface area contributed by atoms with Gasteiger partial charge in [0.1, 0.15) is 0 Å². The summed E-state index contributed by atoms with van der Waals surface area (Å²) in [5.74, 6) is 1.09. The lowest BCUT2D eigenvalue weighted by atomic mass is 10.1. The van der Waals surface area contributed by atoms with E-state index >= 15 is 0 Å². The molecule has 0 aliphatic heterocycles. The molecule has 0 heterocycles. The molecule has 84 valence electrons. The molecule has 0 amide bonds. The summed E-state index contributed by atoms with van der Waals surface area (Å²) in [6, 6.07) is 8.48. The highest BCUT2D eigenvalue weighted by Gasteiger charge is 2.09. The monoisotopic (exact) mass is 243 g/mol. The summed E-state index contributed by atoms with van der Waals surface area (Å²) in [6.45, 7) is 4.44. The Balaban J connectivity index is 2.61. The number of thioether (sulfide) groups is 1. The lowest BCUT2D eigenvalue weighted by Crippen LogP contribution is -2.19. The zero-order valence-corrected chi connectivity index (χ0v) is 11.0. The van der Waals surface area contributed by atoms with Crippen molar-refractivity contribution in [1.29, 1.82) is 0 Å². The van der Waals surface area contributed by atoms with E-state index in [4.69, 9.17) is 11.6 Å². The minimum Gasteiger partial charge on any atom is -0.312 e. The Morgan fingerprint density at radius 2 is 1.87 bits per heavy atom. The zero-order chi connectivity index (χ0) is 11.3.